The predicted octanol–water partition coefficient (Wildman–Crippen LogP) is 4.82. The number of pyridine rings is 1. The van der Waals surface area contributed by atoms with Gasteiger partial charge in [-0.25, -0.2) is 4.79 Å². The normalized spacial score (nSPS) is 10.7. The molecule has 0 bridgehead atoms. The number of esters is 1. The van der Waals surface area contributed by atoms with E-state index in [-0.39, 0.29) is 17.6 Å². The lowest BCUT2D eigenvalue weighted by molar-refractivity contribution is 0.0522. The van der Waals surface area contributed by atoms with Gasteiger partial charge < -0.3 is 9.30 Å². The minimum absolute atomic E-state index is 0.112. The molecule has 5 heteroatoms. The van der Waals surface area contributed by atoms with Crippen LogP contribution in [0.2, 0.25) is 5.02 Å². The number of aromatic nitrogens is 1. The Bertz CT molecular complexity index is 1040. The van der Waals surface area contributed by atoms with Gasteiger partial charge in [0.2, 0.25) is 0 Å². The maximum atomic E-state index is 12.7. The van der Waals surface area contributed by atoms with Crippen LogP contribution in [-0.4, -0.2) is 17.1 Å². The molecule has 0 aliphatic heterocycles. The van der Waals surface area contributed by atoms with Gasteiger partial charge in [-0.15, -0.1) is 0 Å². The first-order valence-corrected chi connectivity index (χ1v) is 10.1. The number of rotatable bonds is 7. The summed E-state index contributed by atoms with van der Waals surface area (Å²) in [4.78, 5) is 25.3. The van der Waals surface area contributed by atoms with E-state index in [2.05, 4.69) is 16.7 Å². The van der Waals surface area contributed by atoms with Gasteiger partial charge in [-0.1, -0.05) is 54.1 Å². The second-order valence-electron chi connectivity index (χ2n) is 6.88. The second kappa shape index (κ2) is 9.57. The van der Waals surface area contributed by atoms with Crippen LogP contribution in [0.5, 0.6) is 0 Å². The Morgan fingerprint density at radius 3 is 2.38 bits per heavy atom. The summed E-state index contributed by atoms with van der Waals surface area (Å²) in [5.41, 5.74) is 3.47. The molecule has 0 atom stereocenters. The first kappa shape index (κ1) is 20.9. The van der Waals surface area contributed by atoms with Gasteiger partial charge in [0.15, 0.2) is 5.43 Å². The molecule has 0 aliphatic carbocycles. The van der Waals surface area contributed by atoms with Gasteiger partial charge in [0.1, 0.15) is 5.56 Å². The monoisotopic (exact) mass is 409 g/mol. The van der Waals surface area contributed by atoms with E-state index in [9.17, 15) is 9.59 Å². The summed E-state index contributed by atoms with van der Waals surface area (Å²) in [6, 6.07) is 19.1. The van der Waals surface area contributed by atoms with Gasteiger partial charge in [-0.05, 0) is 43.5 Å². The molecule has 4 nitrogen and oxygen atoms in total. The lowest BCUT2D eigenvalue weighted by Gasteiger charge is -2.20. The summed E-state index contributed by atoms with van der Waals surface area (Å²) in [7, 11) is 0. The zero-order valence-electron chi connectivity index (χ0n) is 16.7. The number of carbonyl (C=O) groups excluding carboxylic acids is 1. The Hall–Kier alpha value is -2.85. The zero-order chi connectivity index (χ0) is 20.8. The number of halogens is 1. The number of carbonyl (C=O) groups is 1. The van der Waals surface area contributed by atoms with Crippen LogP contribution >= 0.6 is 11.6 Å². The first-order valence-electron chi connectivity index (χ1n) is 9.68. The van der Waals surface area contributed by atoms with Gasteiger partial charge in [0.25, 0.3) is 0 Å². The number of benzene rings is 2. The van der Waals surface area contributed by atoms with Crippen molar-refractivity contribution in [2.75, 3.05) is 6.61 Å². The SMILES string of the molecule is CCOC(=O)c1c(Cc2ccc(Cl)cc2)n(CCc2ccccc2)c(C)cc1=O. The van der Waals surface area contributed by atoms with Crippen molar-refractivity contribution >= 4 is 17.6 Å². The summed E-state index contributed by atoms with van der Waals surface area (Å²) in [5, 5.41) is 0.644. The van der Waals surface area contributed by atoms with E-state index in [0.29, 0.717) is 23.7 Å². The van der Waals surface area contributed by atoms with E-state index in [4.69, 9.17) is 16.3 Å². The van der Waals surface area contributed by atoms with E-state index in [1.165, 1.54) is 11.6 Å². The zero-order valence-corrected chi connectivity index (χ0v) is 17.4. The van der Waals surface area contributed by atoms with E-state index in [1.807, 2.05) is 49.4 Å². The molecule has 1 heterocycles. The number of aryl methyl sites for hydroxylation is 2. The molecule has 0 fully saturated rings. The van der Waals surface area contributed by atoms with Gasteiger partial charge in [-0.2, -0.15) is 0 Å². The van der Waals surface area contributed by atoms with Crippen LogP contribution in [0.15, 0.2) is 65.5 Å². The van der Waals surface area contributed by atoms with E-state index in [0.717, 1.165) is 17.7 Å². The molecule has 3 aromatic rings. The average molecular weight is 410 g/mol. The third kappa shape index (κ3) is 5.15. The predicted molar refractivity (Wildman–Crippen MR) is 116 cm³/mol. The molecule has 0 saturated carbocycles. The lowest BCUT2D eigenvalue weighted by Crippen LogP contribution is -2.27. The molecule has 3 rings (SSSR count). The molecule has 0 amide bonds. The maximum Gasteiger partial charge on any atom is 0.343 e. The molecular formula is C24H24ClNO3. The van der Waals surface area contributed by atoms with Crippen LogP contribution in [0.1, 0.15) is 39.8 Å². The highest BCUT2D eigenvalue weighted by Crippen LogP contribution is 2.18. The van der Waals surface area contributed by atoms with Crippen molar-refractivity contribution in [3.05, 3.63) is 104 Å². The standard InChI is InChI=1S/C24H24ClNO3/c1-3-29-24(28)23-21(16-19-9-11-20(25)12-10-19)26(17(2)15-22(23)27)14-13-18-7-5-4-6-8-18/h4-12,15H,3,13-14,16H2,1-2H3. The first-order chi connectivity index (χ1) is 14.0. The smallest absolute Gasteiger partial charge is 0.343 e. The minimum atomic E-state index is -0.574. The largest absolute Gasteiger partial charge is 0.462 e. The molecule has 150 valence electrons. The molecule has 0 spiro atoms. The van der Waals surface area contributed by atoms with Crippen LogP contribution in [0.25, 0.3) is 0 Å². The maximum absolute atomic E-state index is 12.7. The van der Waals surface area contributed by atoms with Crippen molar-refractivity contribution < 1.29 is 9.53 Å². The molecule has 0 N–H and O–H groups in total. The van der Waals surface area contributed by atoms with Gasteiger partial charge >= 0.3 is 5.97 Å². The number of ether oxygens (including phenoxy) is 1. The molecule has 0 saturated heterocycles. The third-order valence-electron chi connectivity index (χ3n) is 4.86. The summed E-state index contributed by atoms with van der Waals surface area (Å²) in [6.07, 6.45) is 1.23. The van der Waals surface area contributed by atoms with E-state index >= 15 is 0 Å². The molecule has 29 heavy (non-hydrogen) atoms. The van der Waals surface area contributed by atoms with Crippen molar-refractivity contribution in [2.45, 2.75) is 33.2 Å². The van der Waals surface area contributed by atoms with Gasteiger partial charge in [0, 0.05) is 35.4 Å². The average Bonchev–Trinajstić information content (AvgIpc) is 2.70. The van der Waals surface area contributed by atoms with Crippen LogP contribution in [0.4, 0.5) is 0 Å². The fourth-order valence-corrected chi connectivity index (χ4v) is 3.55. The minimum Gasteiger partial charge on any atom is -0.462 e. The Balaban J connectivity index is 2.06. The van der Waals surface area contributed by atoms with Crippen molar-refractivity contribution in [1.82, 2.24) is 4.57 Å². The van der Waals surface area contributed by atoms with Crippen LogP contribution in [0, 0.1) is 6.92 Å². The number of hydrogen-bond donors (Lipinski definition) is 0. The highest BCUT2D eigenvalue weighted by molar-refractivity contribution is 6.30. The fourth-order valence-electron chi connectivity index (χ4n) is 3.43. The van der Waals surface area contributed by atoms with E-state index in [1.54, 1.807) is 6.92 Å². The van der Waals surface area contributed by atoms with Crippen LogP contribution < -0.4 is 5.43 Å². The molecule has 0 aliphatic rings. The summed E-state index contributed by atoms with van der Waals surface area (Å²) in [5.74, 6) is -0.574. The van der Waals surface area contributed by atoms with Gasteiger partial charge in [0.05, 0.1) is 6.61 Å². The Morgan fingerprint density at radius 2 is 1.72 bits per heavy atom. The molecule has 1 aromatic heterocycles. The summed E-state index contributed by atoms with van der Waals surface area (Å²) < 4.78 is 7.24. The van der Waals surface area contributed by atoms with Crippen molar-refractivity contribution in [2.24, 2.45) is 0 Å². The van der Waals surface area contributed by atoms with Crippen LogP contribution in [0.3, 0.4) is 0 Å². The second-order valence-corrected chi connectivity index (χ2v) is 7.32. The third-order valence-corrected chi connectivity index (χ3v) is 5.11. The fraction of sp³-hybridized carbons (Fsp3) is 0.250. The van der Waals surface area contributed by atoms with E-state index < -0.39 is 5.97 Å². The van der Waals surface area contributed by atoms with Crippen molar-refractivity contribution in [1.29, 1.82) is 0 Å². The van der Waals surface area contributed by atoms with Crippen molar-refractivity contribution in [3.63, 3.8) is 0 Å². The molecule has 2 aromatic carbocycles. The topological polar surface area (TPSA) is 48.3 Å². The molecular weight excluding hydrogens is 386 g/mol. The number of nitrogens with zero attached hydrogens (tertiary/aromatic N) is 1. The molecule has 0 unspecified atom stereocenters. The lowest BCUT2D eigenvalue weighted by atomic mass is 10.0. The Labute approximate surface area is 175 Å². The summed E-state index contributed by atoms with van der Waals surface area (Å²) >= 11 is 6.01. The molecule has 0 radical (unpaired) electrons. The van der Waals surface area contributed by atoms with Gasteiger partial charge in [-0.3, -0.25) is 4.79 Å². The Morgan fingerprint density at radius 1 is 1.03 bits per heavy atom. The number of hydrogen-bond acceptors (Lipinski definition) is 3. The van der Waals surface area contributed by atoms with Crippen molar-refractivity contribution in [3.8, 4) is 0 Å². The highest BCUT2D eigenvalue weighted by Gasteiger charge is 2.21. The Kier molecular flexibility index (Phi) is 6.89. The summed E-state index contributed by atoms with van der Waals surface area (Å²) in [6.45, 7) is 4.51. The highest BCUT2D eigenvalue weighted by atomic mass is 35.5. The van der Waals surface area contributed by atoms with Crippen LogP contribution in [-0.2, 0) is 24.1 Å². The quantitative estimate of drug-likeness (QED) is 0.525.